The molecule has 2 aromatic rings. The Kier molecular flexibility index (Phi) is 6.99. The van der Waals surface area contributed by atoms with Gasteiger partial charge in [0.1, 0.15) is 6.54 Å². The molecule has 0 saturated carbocycles. The third-order valence-corrected chi connectivity index (χ3v) is 3.22. The van der Waals surface area contributed by atoms with Crippen molar-refractivity contribution >= 4 is 5.78 Å². The van der Waals surface area contributed by atoms with E-state index in [0.717, 1.165) is 18.7 Å². The van der Waals surface area contributed by atoms with Crippen LogP contribution in [0.25, 0.3) is 0 Å². The highest BCUT2D eigenvalue weighted by molar-refractivity contribution is 5.95. The van der Waals surface area contributed by atoms with E-state index in [1.165, 1.54) is 10.5 Å². The van der Waals surface area contributed by atoms with E-state index < -0.39 is 0 Å². The molecule has 20 heavy (non-hydrogen) atoms. The van der Waals surface area contributed by atoms with Crippen molar-refractivity contribution in [3.63, 3.8) is 0 Å². The highest BCUT2D eigenvalue weighted by atomic mass is 35.5. The maximum absolute atomic E-state index is 12.0. The van der Waals surface area contributed by atoms with Crippen LogP contribution in [-0.2, 0) is 6.54 Å². The molecule has 2 nitrogen and oxygen atoms in total. The van der Waals surface area contributed by atoms with Crippen LogP contribution in [0.15, 0.2) is 60.7 Å². The van der Waals surface area contributed by atoms with Gasteiger partial charge in [0.25, 0.3) is 0 Å². The number of hydrogen-bond acceptors (Lipinski definition) is 1. The molecule has 3 heteroatoms. The van der Waals surface area contributed by atoms with Crippen LogP contribution in [0, 0.1) is 0 Å². The molecule has 0 aliphatic rings. The van der Waals surface area contributed by atoms with E-state index in [4.69, 9.17) is 0 Å². The number of Topliss-reactive ketones (excluding diaryl/α,β-unsaturated/α-hetero) is 1. The van der Waals surface area contributed by atoms with Crippen molar-refractivity contribution in [3.8, 4) is 0 Å². The van der Waals surface area contributed by atoms with Crippen LogP contribution in [0.1, 0.15) is 22.3 Å². The van der Waals surface area contributed by atoms with Crippen LogP contribution in [0.4, 0.5) is 0 Å². The summed E-state index contributed by atoms with van der Waals surface area (Å²) in [7, 11) is 2.13. The Morgan fingerprint density at radius 2 is 1.50 bits per heavy atom. The van der Waals surface area contributed by atoms with Gasteiger partial charge in [0.2, 0.25) is 0 Å². The molecule has 0 spiro atoms. The van der Waals surface area contributed by atoms with Crippen LogP contribution >= 0.6 is 0 Å². The molecule has 0 radical (unpaired) electrons. The Labute approximate surface area is 126 Å². The van der Waals surface area contributed by atoms with E-state index in [1.807, 2.05) is 36.4 Å². The summed E-state index contributed by atoms with van der Waals surface area (Å²) >= 11 is 0. The number of rotatable bonds is 6. The summed E-state index contributed by atoms with van der Waals surface area (Å²) in [5.41, 5.74) is 2.13. The Hall–Kier alpha value is -1.64. The van der Waals surface area contributed by atoms with Gasteiger partial charge in [-0.1, -0.05) is 60.7 Å². The monoisotopic (exact) mass is 289 g/mol. The summed E-state index contributed by atoms with van der Waals surface area (Å²) in [6.45, 7) is 1.82. The molecule has 0 aliphatic heterocycles. The van der Waals surface area contributed by atoms with Gasteiger partial charge >= 0.3 is 0 Å². The summed E-state index contributed by atoms with van der Waals surface area (Å²) in [5.74, 6) is 0.230. The van der Waals surface area contributed by atoms with Crippen LogP contribution in [-0.4, -0.2) is 19.4 Å². The lowest BCUT2D eigenvalue weighted by Crippen LogP contribution is -3.07. The summed E-state index contributed by atoms with van der Waals surface area (Å²) in [5, 5.41) is 0. The number of benzene rings is 2. The van der Waals surface area contributed by atoms with Crippen LogP contribution in [0.3, 0.4) is 0 Å². The number of nitrogens with one attached hydrogen (secondary N) is 1. The molecule has 2 rings (SSSR count). The van der Waals surface area contributed by atoms with E-state index in [1.54, 1.807) is 0 Å². The van der Waals surface area contributed by atoms with Gasteiger partial charge in [0, 0.05) is 11.1 Å². The second-order valence-electron chi connectivity index (χ2n) is 4.91. The second kappa shape index (κ2) is 8.51. The fourth-order valence-corrected chi connectivity index (χ4v) is 2.13. The number of quaternary nitrogens is 1. The fraction of sp³-hybridized carbons (Fsp3) is 0.235. The Balaban J connectivity index is 0.00000200. The van der Waals surface area contributed by atoms with E-state index in [-0.39, 0.29) is 18.2 Å². The molecule has 0 aromatic heterocycles. The van der Waals surface area contributed by atoms with Crippen LogP contribution in [0.2, 0.25) is 0 Å². The maximum atomic E-state index is 12.0. The summed E-state index contributed by atoms with van der Waals surface area (Å²) in [6, 6.07) is 19.9. The summed E-state index contributed by atoms with van der Waals surface area (Å²) in [4.78, 5) is 13.3. The second-order valence-corrected chi connectivity index (χ2v) is 4.91. The number of hydrogen-bond donors (Lipinski definition) is 1. The third kappa shape index (κ3) is 5.16. The highest BCUT2D eigenvalue weighted by Crippen LogP contribution is 2.01. The van der Waals surface area contributed by atoms with Gasteiger partial charge in [-0.15, -0.1) is 0 Å². The number of halogens is 1. The third-order valence-electron chi connectivity index (χ3n) is 3.22. The molecular weight excluding hydrogens is 270 g/mol. The van der Waals surface area contributed by atoms with E-state index in [0.29, 0.717) is 6.42 Å². The first-order valence-corrected chi connectivity index (χ1v) is 6.69. The molecule has 2 aromatic carbocycles. The molecule has 1 N–H and O–H groups in total. The predicted molar refractivity (Wildman–Crippen MR) is 77.3 cm³/mol. The largest absolute Gasteiger partial charge is 1.00 e. The predicted octanol–water partition coefficient (Wildman–Crippen LogP) is -1.02. The van der Waals surface area contributed by atoms with Gasteiger partial charge in [-0.2, -0.15) is 0 Å². The van der Waals surface area contributed by atoms with Crippen molar-refractivity contribution in [2.24, 2.45) is 0 Å². The van der Waals surface area contributed by atoms with E-state index >= 15 is 0 Å². The first kappa shape index (κ1) is 16.4. The van der Waals surface area contributed by atoms with Crippen molar-refractivity contribution in [1.29, 1.82) is 0 Å². The minimum Gasteiger partial charge on any atom is -1.00 e. The van der Waals surface area contributed by atoms with Crippen molar-refractivity contribution in [2.75, 3.05) is 13.6 Å². The summed E-state index contributed by atoms with van der Waals surface area (Å²) in [6.07, 6.45) is 0.600. The van der Waals surface area contributed by atoms with Gasteiger partial charge in [-0.3, -0.25) is 4.79 Å². The molecule has 1 atom stereocenters. The minimum absolute atomic E-state index is 0. The van der Waals surface area contributed by atoms with E-state index in [2.05, 4.69) is 31.3 Å². The lowest BCUT2D eigenvalue weighted by atomic mass is 10.1. The van der Waals surface area contributed by atoms with Gasteiger partial charge in [0.05, 0.1) is 20.0 Å². The van der Waals surface area contributed by atoms with Crippen molar-refractivity contribution in [3.05, 3.63) is 71.8 Å². The molecule has 106 valence electrons. The standard InChI is InChI=1S/C17H19NO.ClH/c1-18(14-15-8-4-2-5-9-15)13-12-17(19)16-10-6-3-7-11-16;/h2-11H,12-14H2,1H3;1H. The SMILES string of the molecule is C[NH+](CCC(=O)c1ccccc1)Cc1ccccc1.[Cl-]. The fourth-order valence-electron chi connectivity index (χ4n) is 2.13. The van der Waals surface area contributed by atoms with Gasteiger partial charge in [0.15, 0.2) is 5.78 Å². The van der Waals surface area contributed by atoms with Crippen LogP contribution in [0.5, 0.6) is 0 Å². The van der Waals surface area contributed by atoms with Crippen molar-refractivity contribution in [1.82, 2.24) is 0 Å². The van der Waals surface area contributed by atoms with Gasteiger partial charge < -0.3 is 17.3 Å². The Bertz CT molecular complexity index is 513. The molecule has 0 saturated heterocycles. The quantitative estimate of drug-likeness (QED) is 0.676. The lowest BCUT2D eigenvalue weighted by Gasteiger charge is -2.13. The Morgan fingerprint density at radius 1 is 0.950 bits per heavy atom. The molecule has 1 unspecified atom stereocenters. The van der Waals surface area contributed by atoms with Crippen molar-refractivity contribution in [2.45, 2.75) is 13.0 Å². The molecular formula is C17H20ClNO. The van der Waals surface area contributed by atoms with Gasteiger partial charge in [-0.25, -0.2) is 0 Å². The number of carbonyl (C=O) groups is 1. The molecule has 0 fully saturated rings. The lowest BCUT2D eigenvalue weighted by molar-refractivity contribution is -0.893. The molecule has 0 heterocycles. The number of ketones is 1. The number of carbonyl (C=O) groups excluding carboxylic acids is 1. The maximum Gasteiger partial charge on any atom is 0.168 e. The average molecular weight is 290 g/mol. The average Bonchev–Trinajstić information content (AvgIpc) is 2.47. The van der Waals surface area contributed by atoms with Crippen molar-refractivity contribution < 1.29 is 22.1 Å². The highest BCUT2D eigenvalue weighted by Gasteiger charge is 2.09. The smallest absolute Gasteiger partial charge is 0.168 e. The topological polar surface area (TPSA) is 21.5 Å². The minimum atomic E-state index is 0. The van der Waals surface area contributed by atoms with Crippen LogP contribution < -0.4 is 17.3 Å². The first-order valence-electron chi connectivity index (χ1n) is 6.69. The zero-order valence-corrected chi connectivity index (χ0v) is 12.4. The molecule has 0 bridgehead atoms. The summed E-state index contributed by atoms with van der Waals surface area (Å²) < 4.78 is 0. The normalized spacial score (nSPS) is 11.4. The zero-order valence-electron chi connectivity index (χ0n) is 11.7. The molecule has 0 aliphatic carbocycles. The Morgan fingerprint density at radius 3 is 2.10 bits per heavy atom. The first-order chi connectivity index (χ1) is 9.25. The van der Waals surface area contributed by atoms with Gasteiger partial charge in [-0.05, 0) is 0 Å². The van der Waals surface area contributed by atoms with E-state index in [9.17, 15) is 4.79 Å². The molecule has 0 amide bonds. The zero-order chi connectivity index (χ0) is 13.5.